The number of aromatic nitrogens is 1. The van der Waals surface area contributed by atoms with E-state index >= 15 is 0 Å². The Labute approximate surface area is 107 Å². The number of aryl methyl sites for hydroxylation is 1. The number of benzene rings is 1. The van der Waals surface area contributed by atoms with E-state index in [1.807, 2.05) is 17.8 Å². The lowest BCUT2D eigenvalue weighted by Crippen LogP contribution is -1.97. The van der Waals surface area contributed by atoms with E-state index in [1.165, 1.54) is 28.8 Å². The van der Waals surface area contributed by atoms with Gasteiger partial charge in [-0.15, -0.1) is 0 Å². The second kappa shape index (κ2) is 6.12. The second-order valence-electron chi connectivity index (χ2n) is 4.07. The predicted molar refractivity (Wildman–Crippen MR) is 75.5 cm³/mol. The van der Waals surface area contributed by atoms with Crippen LogP contribution in [-0.2, 0) is 13.2 Å². The Morgan fingerprint density at radius 2 is 2.12 bits per heavy atom. The van der Waals surface area contributed by atoms with Crippen molar-refractivity contribution in [3.05, 3.63) is 36.0 Å². The molecule has 2 aromatic rings. The molecule has 0 aliphatic heterocycles. The molecule has 1 aromatic heterocycles. The first-order valence-electron chi connectivity index (χ1n) is 6.12. The van der Waals surface area contributed by atoms with Gasteiger partial charge in [0.25, 0.3) is 0 Å². The molecule has 0 unspecified atom stereocenters. The fraction of sp³-hybridized carbons (Fsp3) is 0.429. The van der Waals surface area contributed by atoms with Crippen molar-refractivity contribution in [1.82, 2.24) is 4.57 Å². The molecule has 0 radical (unpaired) electrons. The standard InChI is InChI=1S/C14H19NOS/c1-2-17-9-5-8-15-10-12(11-16)13-6-3-4-7-14(13)15/h3-4,6-7,10,16H,2,5,8-9,11H2,1H3. The van der Waals surface area contributed by atoms with Gasteiger partial charge in [-0.25, -0.2) is 0 Å². The van der Waals surface area contributed by atoms with Gasteiger partial charge in [-0.3, -0.25) is 0 Å². The van der Waals surface area contributed by atoms with Crippen LogP contribution >= 0.6 is 11.8 Å². The minimum Gasteiger partial charge on any atom is -0.392 e. The molecule has 0 aliphatic carbocycles. The Morgan fingerprint density at radius 1 is 1.29 bits per heavy atom. The van der Waals surface area contributed by atoms with Crippen LogP contribution in [0.2, 0.25) is 0 Å². The van der Waals surface area contributed by atoms with E-state index in [-0.39, 0.29) is 6.61 Å². The Hall–Kier alpha value is -0.930. The molecular weight excluding hydrogens is 230 g/mol. The quantitative estimate of drug-likeness (QED) is 0.795. The third-order valence-electron chi connectivity index (χ3n) is 2.93. The molecule has 17 heavy (non-hydrogen) atoms. The Kier molecular flexibility index (Phi) is 4.51. The van der Waals surface area contributed by atoms with Gasteiger partial charge in [0.1, 0.15) is 0 Å². The number of hydrogen-bond acceptors (Lipinski definition) is 2. The van der Waals surface area contributed by atoms with E-state index in [0.29, 0.717) is 0 Å². The summed E-state index contributed by atoms with van der Waals surface area (Å²) >= 11 is 1.98. The van der Waals surface area contributed by atoms with Gasteiger partial charge < -0.3 is 9.67 Å². The summed E-state index contributed by atoms with van der Waals surface area (Å²) in [6, 6.07) is 8.29. The molecule has 0 spiro atoms. The molecule has 1 N–H and O–H groups in total. The average Bonchev–Trinajstić information content (AvgIpc) is 2.73. The van der Waals surface area contributed by atoms with Crippen LogP contribution in [0.3, 0.4) is 0 Å². The van der Waals surface area contributed by atoms with Crippen LogP contribution in [0.4, 0.5) is 0 Å². The number of aliphatic hydroxyl groups excluding tert-OH is 1. The van der Waals surface area contributed by atoms with Gasteiger partial charge in [-0.1, -0.05) is 25.1 Å². The van der Waals surface area contributed by atoms with Crippen molar-refractivity contribution in [2.24, 2.45) is 0 Å². The van der Waals surface area contributed by atoms with Crippen LogP contribution in [0.25, 0.3) is 10.9 Å². The highest BCUT2D eigenvalue weighted by atomic mass is 32.2. The molecule has 1 heterocycles. The Balaban J connectivity index is 2.16. The van der Waals surface area contributed by atoms with E-state index in [9.17, 15) is 5.11 Å². The maximum absolute atomic E-state index is 9.34. The van der Waals surface area contributed by atoms with Crippen LogP contribution in [0.1, 0.15) is 18.9 Å². The van der Waals surface area contributed by atoms with Crippen LogP contribution < -0.4 is 0 Å². The number of para-hydroxylation sites is 1. The summed E-state index contributed by atoms with van der Waals surface area (Å²) in [5, 5.41) is 10.5. The van der Waals surface area contributed by atoms with Gasteiger partial charge in [-0.2, -0.15) is 11.8 Å². The number of fused-ring (bicyclic) bond motifs is 1. The number of rotatable bonds is 6. The summed E-state index contributed by atoms with van der Waals surface area (Å²) in [6.07, 6.45) is 3.27. The van der Waals surface area contributed by atoms with Crippen LogP contribution in [-0.4, -0.2) is 21.2 Å². The lowest BCUT2D eigenvalue weighted by molar-refractivity contribution is 0.283. The third kappa shape index (κ3) is 2.85. The normalized spacial score (nSPS) is 11.2. The Bertz CT molecular complexity index is 478. The average molecular weight is 249 g/mol. The first-order chi connectivity index (χ1) is 8.36. The summed E-state index contributed by atoms with van der Waals surface area (Å²) in [5.41, 5.74) is 2.27. The van der Waals surface area contributed by atoms with E-state index in [2.05, 4.69) is 35.9 Å². The van der Waals surface area contributed by atoms with E-state index < -0.39 is 0 Å². The minimum absolute atomic E-state index is 0.122. The highest BCUT2D eigenvalue weighted by Crippen LogP contribution is 2.21. The predicted octanol–water partition coefficient (Wildman–Crippen LogP) is 3.28. The smallest absolute Gasteiger partial charge is 0.0702 e. The van der Waals surface area contributed by atoms with E-state index in [0.717, 1.165) is 12.1 Å². The molecule has 0 atom stereocenters. The lowest BCUT2D eigenvalue weighted by Gasteiger charge is -2.04. The van der Waals surface area contributed by atoms with Crippen LogP contribution in [0.15, 0.2) is 30.5 Å². The molecule has 0 saturated heterocycles. The highest BCUT2D eigenvalue weighted by Gasteiger charge is 2.06. The van der Waals surface area contributed by atoms with Gasteiger partial charge >= 0.3 is 0 Å². The second-order valence-corrected chi connectivity index (χ2v) is 5.47. The van der Waals surface area contributed by atoms with Crippen molar-refractivity contribution in [1.29, 1.82) is 0 Å². The van der Waals surface area contributed by atoms with Gasteiger partial charge in [0.05, 0.1) is 6.61 Å². The molecule has 0 bridgehead atoms. The molecule has 92 valence electrons. The van der Waals surface area contributed by atoms with Crippen molar-refractivity contribution >= 4 is 22.7 Å². The lowest BCUT2D eigenvalue weighted by atomic mass is 10.2. The van der Waals surface area contributed by atoms with Crippen LogP contribution in [0.5, 0.6) is 0 Å². The minimum atomic E-state index is 0.122. The summed E-state index contributed by atoms with van der Waals surface area (Å²) in [6.45, 7) is 3.35. The van der Waals surface area contributed by atoms with Crippen molar-refractivity contribution in [3.63, 3.8) is 0 Å². The molecule has 1 aromatic carbocycles. The zero-order valence-electron chi connectivity index (χ0n) is 10.2. The number of nitrogens with zero attached hydrogens (tertiary/aromatic N) is 1. The number of thioether (sulfide) groups is 1. The van der Waals surface area contributed by atoms with Gasteiger partial charge in [0.15, 0.2) is 0 Å². The third-order valence-corrected chi connectivity index (χ3v) is 3.92. The van der Waals surface area contributed by atoms with E-state index in [1.54, 1.807) is 0 Å². The summed E-state index contributed by atoms with van der Waals surface area (Å²) in [5.74, 6) is 2.39. The van der Waals surface area contributed by atoms with Crippen molar-refractivity contribution in [2.75, 3.05) is 11.5 Å². The molecule has 0 fully saturated rings. The highest BCUT2D eigenvalue weighted by molar-refractivity contribution is 7.99. The molecule has 2 rings (SSSR count). The first-order valence-corrected chi connectivity index (χ1v) is 7.27. The number of hydrogen-bond donors (Lipinski definition) is 1. The van der Waals surface area contributed by atoms with Gasteiger partial charge in [0, 0.05) is 29.2 Å². The SMILES string of the molecule is CCSCCCn1cc(CO)c2ccccc21. The largest absolute Gasteiger partial charge is 0.392 e. The zero-order valence-corrected chi connectivity index (χ0v) is 11.0. The number of aliphatic hydroxyl groups is 1. The summed E-state index contributed by atoms with van der Waals surface area (Å²) in [4.78, 5) is 0. The maximum Gasteiger partial charge on any atom is 0.0702 e. The first kappa shape index (κ1) is 12.5. The summed E-state index contributed by atoms with van der Waals surface area (Å²) < 4.78 is 2.26. The zero-order chi connectivity index (χ0) is 12.1. The fourth-order valence-electron chi connectivity index (χ4n) is 2.12. The van der Waals surface area contributed by atoms with Gasteiger partial charge in [0.2, 0.25) is 0 Å². The maximum atomic E-state index is 9.34. The van der Waals surface area contributed by atoms with Crippen molar-refractivity contribution in [3.8, 4) is 0 Å². The molecule has 0 amide bonds. The van der Waals surface area contributed by atoms with Crippen LogP contribution in [0, 0.1) is 0 Å². The molecular formula is C14H19NOS. The van der Waals surface area contributed by atoms with Crippen molar-refractivity contribution in [2.45, 2.75) is 26.5 Å². The molecule has 2 nitrogen and oxygen atoms in total. The topological polar surface area (TPSA) is 25.2 Å². The molecule has 0 aliphatic rings. The van der Waals surface area contributed by atoms with Gasteiger partial charge in [-0.05, 0) is 24.0 Å². The molecule has 3 heteroatoms. The summed E-state index contributed by atoms with van der Waals surface area (Å²) in [7, 11) is 0. The fourth-order valence-corrected chi connectivity index (χ4v) is 2.74. The Morgan fingerprint density at radius 3 is 2.88 bits per heavy atom. The van der Waals surface area contributed by atoms with E-state index in [4.69, 9.17) is 0 Å². The molecule has 0 saturated carbocycles. The van der Waals surface area contributed by atoms with Crippen molar-refractivity contribution < 1.29 is 5.11 Å². The monoisotopic (exact) mass is 249 g/mol.